The Kier molecular flexibility index (Phi) is 7.74. The minimum atomic E-state index is -3.97. The van der Waals surface area contributed by atoms with Crippen molar-refractivity contribution in [2.45, 2.75) is 44.7 Å². The van der Waals surface area contributed by atoms with E-state index in [1.165, 1.54) is 16.4 Å². The molecule has 0 atom stereocenters. The first-order valence-corrected chi connectivity index (χ1v) is 13.5. The molecule has 1 saturated heterocycles. The third-order valence-corrected chi connectivity index (χ3v) is 8.36. The monoisotopic (exact) mass is 505 g/mol. The molecule has 4 rings (SSSR count). The standard InChI is InChI=1S/C28H31N3O4S/c1-21-10-8-15-26(22(21)2)31(36(34,35)25-13-4-3-5-14-25)20-27(32)29-18-23-11-6-7-12-24(23)19-30-17-9-16-28(30)33/h3-8,10-15H,9,16-20H2,1-2H3,(H,29,32). The second-order valence-electron chi connectivity index (χ2n) is 9.01. The second-order valence-corrected chi connectivity index (χ2v) is 10.9. The predicted octanol–water partition coefficient (Wildman–Crippen LogP) is 3.94. The number of carbonyl (C=O) groups excluding carboxylic acids is 2. The Labute approximate surface area is 212 Å². The Morgan fingerprint density at radius 1 is 0.944 bits per heavy atom. The average molecular weight is 506 g/mol. The van der Waals surface area contributed by atoms with Crippen LogP contribution in [0.25, 0.3) is 0 Å². The van der Waals surface area contributed by atoms with Crippen molar-refractivity contribution < 1.29 is 18.0 Å². The fraction of sp³-hybridized carbons (Fsp3) is 0.286. The number of nitrogens with one attached hydrogen (secondary N) is 1. The summed E-state index contributed by atoms with van der Waals surface area (Å²) in [6.07, 6.45) is 1.44. The molecule has 36 heavy (non-hydrogen) atoms. The number of likely N-dealkylation sites (tertiary alicyclic amines) is 1. The molecule has 1 N–H and O–H groups in total. The molecule has 0 spiro atoms. The lowest BCUT2D eigenvalue weighted by atomic mass is 10.1. The van der Waals surface area contributed by atoms with Gasteiger partial charge in [-0.3, -0.25) is 13.9 Å². The first kappa shape index (κ1) is 25.4. The van der Waals surface area contributed by atoms with E-state index < -0.39 is 15.9 Å². The molecule has 3 aromatic carbocycles. The molecule has 7 nitrogen and oxygen atoms in total. The van der Waals surface area contributed by atoms with Crippen molar-refractivity contribution in [3.05, 3.63) is 95.1 Å². The molecule has 8 heteroatoms. The van der Waals surface area contributed by atoms with Crippen LogP contribution < -0.4 is 9.62 Å². The van der Waals surface area contributed by atoms with E-state index in [1.54, 1.807) is 30.3 Å². The van der Waals surface area contributed by atoms with E-state index >= 15 is 0 Å². The molecule has 0 unspecified atom stereocenters. The van der Waals surface area contributed by atoms with Crippen LogP contribution in [0.1, 0.15) is 35.1 Å². The predicted molar refractivity (Wildman–Crippen MR) is 140 cm³/mol. The van der Waals surface area contributed by atoms with Crippen LogP contribution in [0.2, 0.25) is 0 Å². The number of nitrogens with zero attached hydrogens (tertiary/aromatic N) is 2. The van der Waals surface area contributed by atoms with Crippen molar-refractivity contribution in [3.63, 3.8) is 0 Å². The smallest absolute Gasteiger partial charge is 0.264 e. The van der Waals surface area contributed by atoms with Crippen LogP contribution in [0, 0.1) is 13.8 Å². The van der Waals surface area contributed by atoms with Gasteiger partial charge in [-0.2, -0.15) is 0 Å². The number of sulfonamides is 1. The maximum Gasteiger partial charge on any atom is 0.264 e. The topological polar surface area (TPSA) is 86.8 Å². The van der Waals surface area contributed by atoms with Gasteiger partial charge in [-0.25, -0.2) is 8.42 Å². The van der Waals surface area contributed by atoms with Crippen LogP contribution in [0.5, 0.6) is 0 Å². The van der Waals surface area contributed by atoms with Crippen molar-refractivity contribution in [2.75, 3.05) is 17.4 Å². The molecule has 2 amide bonds. The van der Waals surface area contributed by atoms with Crippen LogP contribution >= 0.6 is 0 Å². The van der Waals surface area contributed by atoms with E-state index in [9.17, 15) is 18.0 Å². The maximum absolute atomic E-state index is 13.6. The number of amides is 2. The van der Waals surface area contributed by atoms with E-state index in [4.69, 9.17) is 0 Å². The summed E-state index contributed by atoms with van der Waals surface area (Å²) >= 11 is 0. The van der Waals surface area contributed by atoms with Crippen LogP contribution in [0.15, 0.2) is 77.7 Å². The molecule has 0 bridgehead atoms. The summed E-state index contributed by atoms with van der Waals surface area (Å²) in [6.45, 7) is 4.89. The van der Waals surface area contributed by atoms with Gasteiger partial charge in [-0.1, -0.05) is 54.6 Å². The van der Waals surface area contributed by atoms with Crippen LogP contribution in [0.3, 0.4) is 0 Å². The zero-order valence-electron chi connectivity index (χ0n) is 20.6. The number of rotatable bonds is 9. The van der Waals surface area contributed by atoms with Gasteiger partial charge in [-0.05, 0) is 60.7 Å². The molecule has 188 valence electrons. The SMILES string of the molecule is Cc1cccc(N(CC(=O)NCc2ccccc2CN2CCCC2=O)S(=O)(=O)c2ccccc2)c1C. The van der Waals surface area contributed by atoms with Gasteiger partial charge in [0.15, 0.2) is 0 Å². The average Bonchev–Trinajstić information content (AvgIpc) is 3.28. The number of anilines is 1. The Morgan fingerprint density at radius 3 is 2.33 bits per heavy atom. The molecule has 1 aliphatic heterocycles. The lowest BCUT2D eigenvalue weighted by Gasteiger charge is -2.26. The molecule has 0 aromatic heterocycles. The highest BCUT2D eigenvalue weighted by Crippen LogP contribution is 2.28. The molecule has 1 aliphatic rings. The highest BCUT2D eigenvalue weighted by atomic mass is 32.2. The molecule has 1 fully saturated rings. The Morgan fingerprint density at radius 2 is 1.64 bits per heavy atom. The molecular weight excluding hydrogens is 474 g/mol. The highest BCUT2D eigenvalue weighted by molar-refractivity contribution is 7.92. The number of aryl methyl sites for hydroxylation is 1. The lowest BCUT2D eigenvalue weighted by Crippen LogP contribution is -2.41. The van der Waals surface area contributed by atoms with Crippen molar-refractivity contribution >= 4 is 27.5 Å². The Hall–Kier alpha value is -3.65. The van der Waals surface area contributed by atoms with E-state index in [-0.39, 0.29) is 23.9 Å². The third kappa shape index (κ3) is 5.60. The zero-order chi connectivity index (χ0) is 25.7. The van der Waals surface area contributed by atoms with Crippen LogP contribution in [0.4, 0.5) is 5.69 Å². The van der Waals surface area contributed by atoms with Crippen LogP contribution in [-0.2, 0) is 32.7 Å². The molecule has 1 heterocycles. The quantitative estimate of drug-likeness (QED) is 0.477. The number of hydrogen-bond acceptors (Lipinski definition) is 4. The van der Waals surface area contributed by atoms with Crippen molar-refractivity contribution in [2.24, 2.45) is 0 Å². The molecule has 0 saturated carbocycles. The van der Waals surface area contributed by atoms with Gasteiger partial charge in [0.1, 0.15) is 6.54 Å². The van der Waals surface area contributed by atoms with Crippen molar-refractivity contribution in [1.29, 1.82) is 0 Å². The molecule has 0 aliphatic carbocycles. The summed E-state index contributed by atoms with van der Waals surface area (Å²) in [5.41, 5.74) is 4.07. The second kappa shape index (κ2) is 11.0. The van der Waals surface area contributed by atoms with E-state index in [2.05, 4.69) is 5.32 Å². The van der Waals surface area contributed by atoms with Gasteiger partial charge < -0.3 is 10.2 Å². The number of hydrogen-bond donors (Lipinski definition) is 1. The van der Waals surface area contributed by atoms with Gasteiger partial charge in [-0.15, -0.1) is 0 Å². The van der Waals surface area contributed by atoms with Gasteiger partial charge >= 0.3 is 0 Å². The maximum atomic E-state index is 13.6. The minimum Gasteiger partial charge on any atom is -0.350 e. The lowest BCUT2D eigenvalue weighted by molar-refractivity contribution is -0.128. The van der Waals surface area contributed by atoms with E-state index in [0.717, 1.165) is 35.2 Å². The molecular formula is C28H31N3O4S. The summed E-state index contributed by atoms with van der Waals surface area (Å²) < 4.78 is 28.4. The zero-order valence-corrected chi connectivity index (χ0v) is 21.4. The number of carbonyl (C=O) groups is 2. The first-order valence-electron chi connectivity index (χ1n) is 12.0. The summed E-state index contributed by atoms with van der Waals surface area (Å²) in [4.78, 5) is 27.1. The first-order chi connectivity index (χ1) is 17.3. The normalized spacial score (nSPS) is 13.6. The van der Waals surface area contributed by atoms with E-state index in [0.29, 0.717) is 18.7 Å². The number of benzene rings is 3. The summed E-state index contributed by atoms with van der Waals surface area (Å²) in [5.74, 6) is -0.272. The summed E-state index contributed by atoms with van der Waals surface area (Å²) in [6, 6.07) is 21.2. The third-order valence-electron chi connectivity index (χ3n) is 6.59. The Balaban J connectivity index is 1.54. The minimum absolute atomic E-state index is 0.124. The molecule has 3 aromatic rings. The largest absolute Gasteiger partial charge is 0.350 e. The van der Waals surface area contributed by atoms with Gasteiger partial charge in [0.05, 0.1) is 10.6 Å². The van der Waals surface area contributed by atoms with Gasteiger partial charge in [0.25, 0.3) is 10.0 Å². The van der Waals surface area contributed by atoms with Crippen LogP contribution in [-0.4, -0.2) is 38.2 Å². The van der Waals surface area contributed by atoms with Gasteiger partial charge in [0, 0.05) is 26.1 Å². The Bertz CT molecular complexity index is 1360. The fourth-order valence-electron chi connectivity index (χ4n) is 4.37. The van der Waals surface area contributed by atoms with Crippen molar-refractivity contribution in [3.8, 4) is 0 Å². The summed E-state index contributed by atoms with van der Waals surface area (Å²) in [5, 5.41) is 2.88. The van der Waals surface area contributed by atoms with Gasteiger partial charge in [0.2, 0.25) is 11.8 Å². The summed E-state index contributed by atoms with van der Waals surface area (Å²) in [7, 11) is -3.97. The van der Waals surface area contributed by atoms with Crippen molar-refractivity contribution in [1.82, 2.24) is 10.2 Å². The molecule has 0 radical (unpaired) electrons. The fourth-order valence-corrected chi connectivity index (χ4v) is 5.87. The van der Waals surface area contributed by atoms with E-state index in [1.807, 2.05) is 49.1 Å². The highest BCUT2D eigenvalue weighted by Gasteiger charge is 2.28.